The van der Waals surface area contributed by atoms with E-state index in [9.17, 15) is 17.2 Å². The standard InChI is InChI=1S/C15H16F2N4O2S/c16-13-4-3-10(6-14(13)17)11-2-1-5-21(9-11)15-19-7-12(8-20-15)24(18,22)23/h3-4,6-8,11H,1-2,5,9H2,(H2,18,22,23). The van der Waals surface area contributed by atoms with Crippen LogP contribution in [0.4, 0.5) is 14.7 Å². The zero-order chi connectivity index (χ0) is 17.3. The topological polar surface area (TPSA) is 89.2 Å². The van der Waals surface area contributed by atoms with Gasteiger partial charge in [0.1, 0.15) is 4.90 Å². The Morgan fingerprint density at radius 2 is 1.88 bits per heavy atom. The minimum atomic E-state index is -3.83. The molecule has 2 N–H and O–H groups in total. The van der Waals surface area contributed by atoms with E-state index in [4.69, 9.17) is 5.14 Å². The maximum Gasteiger partial charge on any atom is 0.241 e. The highest BCUT2D eigenvalue weighted by atomic mass is 32.2. The first kappa shape index (κ1) is 16.7. The maximum absolute atomic E-state index is 13.4. The number of hydrogen-bond acceptors (Lipinski definition) is 5. The van der Waals surface area contributed by atoms with Gasteiger partial charge in [-0.1, -0.05) is 6.07 Å². The Labute approximate surface area is 138 Å². The first-order valence-electron chi connectivity index (χ1n) is 7.39. The van der Waals surface area contributed by atoms with Gasteiger partial charge in [0.2, 0.25) is 16.0 Å². The molecule has 128 valence electrons. The average molecular weight is 354 g/mol. The normalized spacial score (nSPS) is 18.6. The first-order valence-corrected chi connectivity index (χ1v) is 8.94. The second-order valence-electron chi connectivity index (χ2n) is 5.72. The van der Waals surface area contributed by atoms with Crippen LogP contribution in [0.1, 0.15) is 24.3 Å². The molecule has 1 atom stereocenters. The molecule has 2 aromatic rings. The van der Waals surface area contributed by atoms with E-state index in [1.165, 1.54) is 18.5 Å². The van der Waals surface area contributed by atoms with Gasteiger partial charge in [-0.05, 0) is 30.5 Å². The fourth-order valence-corrected chi connectivity index (χ4v) is 3.22. The molecule has 0 radical (unpaired) electrons. The van der Waals surface area contributed by atoms with E-state index in [0.717, 1.165) is 24.5 Å². The van der Waals surface area contributed by atoms with Crippen molar-refractivity contribution in [2.45, 2.75) is 23.7 Å². The number of halogens is 2. The molecule has 24 heavy (non-hydrogen) atoms. The van der Waals surface area contributed by atoms with Crippen molar-refractivity contribution in [3.8, 4) is 0 Å². The Kier molecular flexibility index (Phi) is 4.46. The summed E-state index contributed by atoms with van der Waals surface area (Å²) < 4.78 is 49.0. The maximum atomic E-state index is 13.4. The van der Waals surface area contributed by atoms with Crippen molar-refractivity contribution in [2.24, 2.45) is 5.14 Å². The largest absolute Gasteiger partial charge is 0.340 e. The van der Waals surface area contributed by atoms with E-state index in [2.05, 4.69) is 9.97 Å². The van der Waals surface area contributed by atoms with Gasteiger partial charge in [0.25, 0.3) is 0 Å². The Bertz CT molecular complexity index is 843. The minimum absolute atomic E-state index is 0.0235. The van der Waals surface area contributed by atoms with Crippen LogP contribution in [0.2, 0.25) is 0 Å². The predicted molar refractivity (Wildman–Crippen MR) is 84.0 cm³/mol. The van der Waals surface area contributed by atoms with Crippen molar-refractivity contribution in [3.05, 3.63) is 47.8 Å². The summed E-state index contributed by atoms with van der Waals surface area (Å²) in [5.74, 6) is -1.32. The highest BCUT2D eigenvalue weighted by molar-refractivity contribution is 7.89. The van der Waals surface area contributed by atoms with Crippen molar-refractivity contribution in [1.29, 1.82) is 0 Å². The molecule has 6 nitrogen and oxygen atoms in total. The van der Waals surface area contributed by atoms with Crippen LogP contribution in [0, 0.1) is 11.6 Å². The SMILES string of the molecule is NS(=O)(=O)c1cnc(N2CCCC(c3ccc(F)c(F)c3)C2)nc1. The number of hydrogen-bond donors (Lipinski definition) is 1. The van der Waals surface area contributed by atoms with E-state index in [0.29, 0.717) is 19.0 Å². The number of benzene rings is 1. The molecule has 1 fully saturated rings. The third-order valence-corrected chi connectivity index (χ3v) is 4.93. The second kappa shape index (κ2) is 6.40. The minimum Gasteiger partial charge on any atom is -0.340 e. The molecule has 0 amide bonds. The quantitative estimate of drug-likeness (QED) is 0.908. The predicted octanol–water partition coefficient (Wildman–Crippen LogP) is 1.79. The van der Waals surface area contributed by atoms with Gasteiger partial charge in [0.05, 0.1) is 12.4 Å². The van der Waals surface area contributed by atoms with Gasteiger partial charge in [0.15, 0.2) is 11.6 Å². The lowest BCUT2D eigenvalue weighted by molar-refractivity contribution is 0.485. The van der Waals surface area contributed by atoms with E-state index in [1.54, 1.807) is 6.07 Å². The molecule has 9 heteroatoms. The van der Waals surface area contributed by atoms with Gasteiger partial charge in [0, 0.05) is 19.0 Å². The van der Waals surface area contributed by atoms with Gasteiger partial charge >= 0.3 is 0 Å². The molecule has 3 rings (SSSR count). The monoisotopic (exact) mass is 354 g/mol. The lowest BCUT2D eigenvalue weighted by Gasteiger charge is -2.33. The van der Waals surface area contributed by atoms with Crippen molar-refractivity contribution >= 4 is 16.0 Å². The number of aromatic nitrogens is 2. The van der Waals surface area contributed by atoms with Crippen LogP contribution >= 0.6 is 0 Å². The highest BCUT2D eigenvalue weighted by Gasteiger charge is 2.24. The summed E-state index contributed by atoms with van der Waals surface area (Å²) in [6.45, 7) is 1.24. The van der Waals surface area contributed by atoms with Crippen LogP contribution in [0.5, 0.6) is 0 Å². The summed E-state index contributed by atoms with van der Waals surface area (Å²) in [7, 11) is -3.83. The Hall–Kier alpha value is -2.13. The molecule has 1 aliphatic rings. The molecule has 0 aliphatic carbocycles. The molecule has 0 spiro atoms. The Morgan fingerprint density at radius 3 is 2.50 bits per heavy atom. The van der Waals surface area contributed by atoms with E-state index in [-0.39, 0.29) is 10.8 Å². The highest BCUT2D eigenvalue weighted by Crippen LogP contribution is 2.29. The number of nitrogens with two attached hydrogens (primary N) is 1. The number of sulfonamides is 1. The summed E-state index contributed by atoms with van der Waals surface area (Å²) in [5, 5.41) is 5.02. The zero-order valence-corrected chi connectivity index (χ0v) is 13.5. The molecule has 0 saturated carbocycles. The van der Waals surface area contributed by atoms with Gasteiger partial charge in [-0.25, -0.2) is 32.3 Å². The van der Waals surface area contributed by atoms with Crippen LogP contribution in [0.15, 0.2) is 35.5 Å². The summed E-state index contributed by atoms with van der Waals surface area (Å²) >= 11 is 0. The summed E-state index contributed by atoms with van der Waals surface area (Å²) in [5.41, 5.74) is 0.722. The molecular weight excluding hydrogens is 338 g/mol. The molecule has 1 aliphatic heterocycles. The van der Waals surface area contributed by atoms with Crippen LogP contribution in [0.3, 0.4) is 0 Å². The fraction of sp³-hybridized carbons (Fsp3) is 0.333. The number of rotatable bonds is 3. The zero-order valence-electron chi connectivity index (χ0n) is 12.7. The van der Waals surface area contributed by atoms with Gasteiger partial charge < -0.3 is 4.90 Å². The first-order chi connectivity index (χ1) is 11.3. The third-order valence-electron chi connectivity index (χ3n) is 4.06. The fourth-order valence-electron chi connectivity index (χ4n) is 2.82. The lowest BCUT2D eigenvalue weighted by atomic mass is 9.90. The molecule has 1 unspecified atom stereocenters. The molecule has 1 aromatic carbocycles. The van der Waals surface area contributed by atoms with E-state index < -0.39 is 21.7 Å². The number of piperidine rings is 1. The van der Waals surface area contributed by atoms with Gasteiger partial charge in [-0.15, -0.1) is 0 Å². The number of nitrogens with zero attached hydrogens (tertiary/aromatic N) is 3. The Morgan fingerprint density at radius 1 is 1.17 bits per heavy atom. The van der Waals surface area contributed by atoms with Crippen molar-refractivity contribution in [3.63, 3.8) is 0 Å². The van der Waals surface area contributed by atoms with Crippen LogP contribution in [-0.4, -0.2) is 31.5 Å². The van der Waals surface area contributed by atoms with Gasteiger partial charge in [-0.3, -0.25) is 0 Å². The Balaban J connectivity index is 1.79. The molecule has 1 saturated heterocycles. The smallest absolute Gasteiger partial charge is 0.241 e. The number of primary sulfonamides is 1. The number of anilines is 1. The summed E-state index contributed by atoms with van der Waals surface area (Å²) in [4.78, 5) is 9.84. The van der Waals surface area contributed by atoms with Gasteiger partial charge in [-0.2, -0.15) is 0 Å². The summed E-state index contributed by atoms with van der Waals surface area (Å²) in [6, 6.07) is 3.92. The third kappa shape index (κ3) is 3.51. The molecule has 2 heterocycles. The summed E-state index contributed by atoms with van der Waals surface area (Å²) in [6.07, 6.45) is 4.01. The van der Waals surface area contributed by atoms with Crippen LogP contribution in [0.25, 0.3) is 0 Å². The van der Waals surface area contributed by atoms with Crippen LogP contribution < -0.4 is 10.0 Å². The molecule has 1 aromatic heterocycles. The van der Waals surface area contributed by atoms with E-state index in [1.807, 2.05) is 4.90 Å². The van der Waals surface area contributed by atoms with Crippen molar-refractivity contribution < 1.29 is 17.2 Å². The average Bonchev–Trinajstić information content (AvgIpc) is 2.57. The van der Waals surface area contributed by atoms with Crippen LogP contribution in [-0.2, 0) is 10.0 Å². The lowest BCUT2D eigenvalue weighted by Crippen LogP contribution is -2.35. The van der Waals surface area contributed by atoms with E-state index >= 15 is 0 Å². The van der Waals surface area contributed by atoms with Crippen molar-refractivity contribution in [2.75, 3.05) is 18.0 Å². The molecule has 0 bridgehead atoms. The second-order valence-corrected chi connectivity index (χ2v) is 7.28. The van der Waals surface area contributed by atoms with Crippen molar-refractivity contribution in [1.82, 2.24) is 9.97 Å². The molecular formula is C15H16F2N4O2S.